The molecule has 1 aliphatic rings. The number of nitrogens with zero attached hydrogens (tertiary/aromatic N) is 3. The Morgan fingerprint density at radius 2 is 2.00 bits per heavy atom. The van der Waals surface area contributed by atoms with Crippen LogP contribution in [-0.2, 0) is 10.0 Å². The number of sulfonamides is 1. The summed E-state index contributed by atoms with van der Waals surface area (Å²) in [6.45, 7) is 0.511. The molecule has 0 saturated carbocycles. The molecule has 1 fully saturated rings. The van der Waals surface area contributed by atoms with Crippen molar-refractivity contribution < 1.29 is 18.1 Å². The Labute approximate surface area is 152 Å². The van der Waals surface area contributed by atoms with Gasteiger partial charge in [-0.2, -0.15) is 4.31 Å². The van der Waals surface area contributed by atoms with Crippen LogP contribution in [0.15, 0.2) is 52.0 Å². The Morgan fingerprint density at radius 1 is 1.28 bits per heavy atom. The van der Waals surface area contributed by atoms with Gasteiger partial charge in [-0.1, -0.05) is 0 Å². The Balaban J connectivity index is 1.72. The number of nitro benzene ring substituents is 1. The lowest BCUT2D eigenvalue weighted by molar-refractivity contribution is -0.384. The number of benzene rings is 1. The number of aromatic nitrogens is 1. The number of pyridine rings is 1. The lowest BCUT2D eigenvalue weighted by atomic mass is 10.3. The Kier molecular flexibility index (Phi) is 5.02. The van der Waals surface area contributed by atoms with E-state index in [0.717, 1.165) is 0 Å². The molecule has 1 unspecified atom stereocenters. The summed E-state index contributed by atoms with van der Waals surface area (Å²) in [4.78, 5) is 14.3. The van der Waals surface area contributed by atoms with Crippen molar-refractivity contribution >= 4 is 31.6 Å². The number of nitro groups is 1. The molecule has 132 valence electrons. The van der Waals surface area contributed by atoms with Crippen molar-refractivity contribution in [3.05, 3.63) is 57.2 Å². The molecule has 10 heteroatoms. The minimum atomic E-state index is -3.72. The summed E-state index contributed by atoms with van der Waals surface area (Å²) < 4.78 is 33.1. The summed E-state index contributed by atoms with van der Waals surface area (Å²) in [6.07, 6.45) is 1.83. The molecule has 0 aliphatic carbocycles. The average molecular weight is 428 g/mol. The van der Waals surface area contributed by atoms with Crippen LogP contribution in [0.2, 0.25) is 0 Å². The molecule has 1 aromatic heterocycles. The molecule has 3 rings (SSSR count). The van der Waals surface area contributed by atoms with E-state index in [1.165, 1.54) is 28.6 Å². The zero-order valence-corrected chi connectivity index (χ0v) is 15.3. The van der Waals surface area contributed by atoms with Crippen LogP contribution in [0.25, 0.3) is 0 Å². The summed E-state index contributed by atoms with van der Waals surface area (Å²) in [7, 11) is -3.72. The first kappa shape index (κ1) is 17.8. The summed E-state index contributed by atoms with van der Waals surface area (Å²) in [5.74, 6) is 0.419. The maximum atomic E-state index is 12.7. The average Bonchev–Trinajstić information content (AvgIpc) is 3.06. The predicted molar refractivity (Wildman–Crippen MR) is 92.8 cm³/mol. The van der Waals surface area contributed by atoms with Gasteiger partial charge in [0.1, 0.15) is 6.10 Å². The van der Waals surface area contributed by atoms with Crippen molar-refractivity contribution in [3.63, 3.8) is 0 Å². The topological polar surface area (TPSA) is 103 Å². The molecule has 0 bridgehead atoms. The monoisotopic (exact) mass is 427 g/mol. The number of ether oxygens (including phenoxy) is 1. The van der Waals surface area contributed by atoms with E-state index in [2.05, 4.69) is 20.9 Å². The molecule has 1 aromatic carbocycles. The van der Waals surface area contributed by atoms with Crippen LogP contribution in [0.5, 0.6) is 5.88 Å². The van der Waals surface area contributed by atoms with Crippen molar-refractivity contribution in [2.24, 2.45) is 0 Å². The molecule has 25 heavy (non-hydrogen) atoms. The van der Waals surface area contributed by atoms with E-state index in [0.29, 0.717) is 23.3 Å². The molecule has 0 spiro atoms. The summed E-state index contributed by atoms with van der Waals surface area (Å²) >= 11 is 3.34. The number of rotatable bonds is 5. The highest BCUT2D eigenvalue weighted by atomic mass is 79.9. The third-order valence-corrected chi connectivity index (χ3v) is 6.28. The van der Waals surface area contributed by atoms with E-state index in [4.69, 9.17) is 4.74 Å². The first-order valence-electron chi connectivity index (χ1n) is 7.40. The van der Waals surface area contributed by atoms with Gasteiger partial charge in [-0.15, -0.1) is 0 Å². The normalized spacial score (nSPS) is 18.2. The van der Waals surface area contributed by atoms with Gasteiger partial charge >= 0.3 is 0 Å². The van der Waals surface area contributed by atoms with Gasteiger partial charge in [-0.3, -0.25) is 10.1 Å². The molecule has 0 radical (unpaired) electrons. The van der Waals surface area contributed by atoms with Crippen LogP contribution in [-0.4, -0.2) is 41.8 Å². The van der Waals surface area contributed by atoms with E-state index in [9.17, 15) is 18.5 Å². The molecule has 1 saturated heterocycles. The second kappa shape index (κ2) is 7.06. The van der Waals surface area contributed by atoms with Crippen LogP contribution < -0.4 is 4.74 Å². The quantitative estimate of drug-likeness (QED) is 0.536. The standard InChI is InChI=1S/C15H14BrN3O5S/c16-14-2-1-8-17-15(14)24-12-7-9-18(10-12)25(22,23)13-5-3-11(4-6-13)19(20)21/h1-6,8,12H,7,9-10H2. The number of non-ortho nitro benzene ring substituents is 1. The van der Waals surface area contributed by atoms with Crippen molar-refractivity contribution in [1.82, 2.24) is 9.29 Å². The summed E-state index contributed by atoms with van der Waals surface area (Å²) in [5.41, 5.74) is -0.151. The van der Waals surface area contributed by atoms with Crippen molar-refractivity contribution in [2.45, 2.75) is 17.4 Å². The highest BCUT2D eigenvalue weighted by Gasteiger charge is 2.34. The number of hydrogen-bond donors (Lipinski definition) is 0. The van der Waals surface area contributed by atoms with Gasteiger partial charge in [0.25, 0.3) is 5.69 Å². The van der Waals surface area contributed by atoms with Gasteiger partial charge in [0, 0.05) is 24.9 Å². The maximum Gasteiger partial charge on any atom is 0.269 e. The van der Waals surface area contributed by atoms with E-state index in [-0.39, 0.29) is 23.2 Å². The van der Waals surface area contributed by atoms with Gasteiger partial charge in [0.15, 0.2) is 0 Å². The SMILES string of the molecule is O=[N+]([O-])c1ccc(S(=O)(=O)N2CCC(Oc3ncccc3Br)C2)cc1. The minimum Gasteiger partial charge on any atom is -0.472 e. The third kappa shape index (κ3) is 3.80. The van der Waals surface area contributed by atoms with Gasteiger partial charge in [-0.25, -0.2) is 13.4 Å². The zero-order valence-electron chi connectivity index (χ0n) is 12.9. The lowest BCUT2D eigenvalue weighted by Gasteiger charge is -2.17. The second-order valence-corrected chi connectivity index (χ2v) is 8.23. The first-order chi connectivity index (χ1) is 11.9. The molecule has 1 atom stereocenters. The maximum absolute atomic E-state index is 12.7. The highest BCUT2D eigenvalue weighted by molar-refractivity contribution is 9.10. The van der Waals surface area contributed by atoms with Crippen LogP contribution >= 0.6 is 15.9 Å². The zero-order chi connectivity index (χ0) is 18.0. The highest BCUT2D eigenvalue weighted by Crippen LogP contribution is 2.27. The van der Waals surface area contributed by atoms with Crippen LogP contribution in [0, 0.1) is 10.1 Å². The largest absolute Gasteiger partial charge is 0.472 e. The van der Waals surface area contributed by atoms with Crippen molar-refractivity contribution in [2.75, 3.05) is 13.1 Å². The second-order valence-electron chi connectivity index (χ2n) is 5.43. The molecule has 2 heterocycles. The van der Waals surface area contributed by atoms with E-state index < -0.39 is 14.9 Å². The summed E-state index contributed by atoms with van der Waals surface area (Å²) in [5, 5.41) is 10.7. The van der Waals surface area contributed by atoms with Crippen molar-refractivity contribution in [1.29, 1.82) is 0 Å². The Bertz CT molecular complexity index is 888. The lowest BCUT2D eigenvalue weighted by Crippen LogP contribution is -2.31. The number of hydrogen-bond acceptors (Lipinski definition) is 6. The molecule has 0 amide bonds. The van der Waals surface area contributed by atoms with Crippen LogP contribution in [0.4, 0.5) is 5.69 Å². The molecular formula is C15H14BrN3O5S. The Morgan fingerprint density at radius 3 is 2.64 bits per heavy atom. The van der Waals surface area contributed by atoms with Crippen LogP contribution in [0.3, 0.4) is 0 Å². The van der Waals surface area contributed by atoms with E-state index in [1.54, 1.807) is 18.3 Å². The van der Waals surface area contributed by atoms with Gasteiger partial charge < -0.3 is 4.74 Å². The smallest absolute Gasteiger partial charge is 0.269 e. The van der Waals surface area contributed by atoms with Gasteiger partial charge in [0.2, 0.25) is 15.9 Å². The fourth-order valence-electron chi connectivity index (χ4n) is 2.52. The molecule has 1 aliphatic heterocycles. The summed E-state index contributed by atoms with van der Waals surface area (Å²) in [6, 6.07) is 8.41. The minimum absolute atomic E-state index is 0.0257. The Hall–Kier alpha value is -2.04. The first-order valence-corrected chi connectivity index (χ1v) is 9.63. The van der Waals surface area contributed by atoms with Gasteiger partial charge in [-0.05, 0) is 46.6 Å². The molecule has 2 aromatic rings. The fourth-order valence-corrected chi connectivity index (χ4v) is 4.35. The van der Waals surface area contributed by atoms with Crippen molar-refractivity contribution in [3.8, 4) is 5.88 Å². The van der Waals surface area contributed by atoms with E-state index >= 15 is 0 Å². The molecule has 0 N–H and O–H groups in total. The predicted octanol–water partition coefficient (Wildman–Crippen LogP) is 2.59. The molecule has 8 nitrogen and oxygen atoms in total. The van der Waals surface area contributed by atoms with E-state index in [1.807, 2.05) is 0 Å². The van der Waals surface area contributed by atoms with Crippen LogP contribution in [0.1, 0.15) is 6.42 Å². The molecular weight excluding hydrogens is 414 g/mol. The third-order valence-electron chi connectivity index (χ3n) is 3.80. The number of halogens is 1. The van der Waals surface area contributed by atoms with Gasteiger partial charge in [0.05, 0.1) is 20.8 Å². The fraction of sp³-hybridized carbons (Fsp3) is 0.267.